The fraction of sp³-hybridized carbons (Fsp3) is 0.235. The zero-order valence-electron chi connectivity index (χ0n) is 13.4. The van der Waals surface area contributed by atoms with Crippen molar-refractivity contribution in [2.45, 2.75) is 6.92 Å². The van der Waals surface area contributed by atoms with Crippen molar-refractivity contribution in [3.63, 3.8) is 0 Å². The van der Waals surface area contributed by atoms with E-state index in [0.717, 1.165) is 0 Å². The molecule has 2 aromatic carbocycles. The number of benzene rings is 2. The normalized spacial score (nSPS) is 10.3. The van der Waals surface area contributed by atoms with E-state index in [1.807, 2.05) is 0 Å². The van der Waals surface area contributed by atoms with E-state index >= 15 is 0 Å². The Labute approximate surface area is 138 Å². The summed E-state index contributed by atoms with van der Waals surface area (Å²) in [5.41, 5.74) is 0.476. The van der Waals surface area contributed by atoms with Gasteiger partial charge in [0.15, 0.2) is 11.6 Å². The predicted molar refractivity (Wildman–Crippen MR) is 86.7 cm³/mol. The van der Waals surface area contributed by atoms with Gasteiger partial charge in [0.2, 0.25) is 0 Å². The fourth-order valence-electron chi connectivity index (χ4n) is 2.21. The van der Waals surface area contributed by atoms with Gasteiger partial charge in [0.1, 0.15) is 6.61 Å². The Hall–Kier alpha value is -2.96. The number of likely N-dealkylation sites (N-methyl/N-ethyl adjacent to an activating group) is 1. The first kappa shape index (κ1) is 17.4. The molecule has 2 rings (SSSR count). The van der Waals surface area contributed by atoms with Gasteiger partial charge in [-0.1, -0.05) is 18.2 Å². The third-order valence-electron chi connectivity index (χ3n) is 3.60. The van der Waals surface area contributed by atoms with E-state index in [2.05, 4.69) is 0 Å². The van der Waals surface area contributed by atoms with Crippen molar-refractivity contribution < 1.29 is 18.8 Å². The standard InChI is InChI=1S/C17H17FN2O4/c1-12-13(6-5-8-15(12)20(22)23)17(21)19(2)10-11-24-16-9-4-3-7-14(16)18/h3-9H,10-11H2,1-2H3. The Balaban J connectivity index is 2.01. The van der Waals surface area contributed by atoms with Gasteiger partial charge in [-0.25, -0.2) is 4.39 Å². The molecule has 0 aliphatic rings. The highest BCUT2D eigenvalue weighted by molar-refractivity contribution is 5.96. The van der Waals surface area contributed by atoms with E-state index in [9.17, 15) is 19.3 Å². The van der Waals surface area contributed by atoms with Crippen molar-refractivity contribution >= 4 is 11.6 Å². The molecule has 0 aliphatic carbocycles. The number of nitro groups is 1. The number of nitro benzene ring substituents is 1. The molecule has 7 heteroatoms. The highest BCUT2D eigenvalue weighted by atomic mass is 19.1. The molecule has 0 atom stereocenters. The second kappa shape index (κ2) is 7.54. The monoisotopic (exact) mass is 332 g/mol. The van der Waals surface area contributed by atoms with Crippen molar-refractivity contribution in [3.8, 4) is 5.75 Å². The van der Waals surface area contributed by atoms with Gasteiger partial charge >= 0.3 is 0 Å². The summed E-state index contributed by atoms with van der Waals surface area (Å²) in [6, 6.07) is 10.4. The second-order valence-electron chi connectivity index (χ2n) is 5.21. The number of hydrogen-bond acceptors (Lipinski definition) is 4. The number of para-hydroxylation sites is 1. The molecule has 0 bridgehead atoms. The summed E-state index contributed by atoms with van der Waals surface area (Å²) in [5, 5.41) is 11.0. The third kappa shape index (κ3) is 3.87. The van der Waals surface area contributed by atoms with Crippen molar-refractivity contribution in [2.75, 3.05) is 20.2 Å². The molecule has 0 spiro atoms. The molecule has 1 amide bonds. The average Bonchev–Trinajstić information content (AvgIpc) is 2.55. The summed E-state index contributed by atoms with van der Waals surface area (Å²) in [7, 11) is 1.56. The van der Waals surface area contributed by atoms with Gasteiger partial charge in [0.25, 0.3) is 11.6 Å². The van der Waals surface area contributed by atoms with E-state index in [-0.39, 0.29) is 36.1 Å². The number of halogens is 1. The zero-order valence-corrected chi connectivity index (χ0v) is 13.4. The summed E-state index contributed by atoms with van der Waals surface area (Å²) in [5.74, 6) is -0.709. The van der Waals surface area contributed by atoms with Crippen LogP contribution in [0.2, 0.25) is 0 Å². The first-order valence-electron chi connectivity index (χ1n) is 7.28. The number of amides is 1. The molecular weight excluding hydrogens is 315 g/mol. The maximum Gasteiger partial charge on any atom is 0.273 e. The van der Waals surface area contributed by atoms with Crippen LogP contribution >= 0.6 is 0 Å². The lowest BCUT2D eigenvalue weighted by Gasteiger charge is -2.18. The second-order valence-corrected chi connectivity index (χ2v) is 5.21. The first-order valence-corrected chi connectivity index (χ1v) is 7.28. The molecule has 24 heavy (non-hydrogen) atoms. The molecule has 0 N–H and O–H groups in total. The molecule has 2 aromatic rings. The largest absolute Gasteiger partial charge is 0.489 e. The van der Waals surface area contributed by atoms with Crippen molar-refractivity contribution in [2.24, 2.45) is 0 Å². The maximum atomic E-state index is 13.4. The van der Waals surface area contributed by atoms with Crippen LogP contribution in [-0.2, 0) is 0 Å². The van der Waals surface area contributed by atoms with Gasteiger partial charge in [-0.15, -0.1) is 0 Å². The van der Waals surface area contributed by atoms with Crippen LogP contribution in [0.15, 0.2) is 42.5 Å². The Morgan fingerprint density at radius 1 is 1.25 bits per heavy atom. The summed E-state index contributed by atoms with van der Waals surface area (Å²) < 4.78 is 18.7. The van der Waals surface area contributed by atoms with E-state index in [0.29, 0.717) is 5.56 Å². The summed E-state index contributed by atoms with van der Waals surface area (Å²) in [6.07, 6.45) is 0. The molecule has 0 heterocycles. The molecule has 0 saturated carbocycles. The van der Waals surface area contributed by atoms with Crippen molar-refractivity contribution in [3.05, 3.63) is 69.5 Å². The van der Waals surface area contributed by atoms with Crippen molar-refractivity contribution in [1.29, 1.82) is 0 Å². The van der Waals surface area contributed by atoms with E-state index in [1.54, 1.807) is 25.2 Å². The first-order chi connectivity index (χ1) is 11.4. The summed E-state index contributed by atoms with van der Waals surface area (Å²) in [4.78, 5) is 24.2. The van der Waals surface area contributed by atoms with E-state index in [4.69, 9.17) is 4.74 Å². The minimum Gasteiger partial charge on any atom is -0.489 e. The summed E-state index contributed by atoms with van der Waals surface area (Å²) >= 11 is 0. The minimum absolute atomic E-state index is 0.100. The van der Waals surface area contributed by atoms with Crippen LogP contribution in [0.4, 0.5) is 10.1 Å². The highest BCUT2D eigenvalue weighted by Crippen LogP contribution is 2.22. The average molecular weight is 332 g/mol. The number of rotatable bonds is 6. The van der Waals surface area contributed by atoms with E-state index < -0.39 is 10.7 Å². The lowest BCUT2D eigenvalue weighted by Crippen LogP contribution is -2.31. The van der Waals surface area contributed by atoms with Crippen LogP contribution in [-0.4, -0.2) is 35.9 Å². The van der Waals surface area contributed by atoms with Crippen LogP contribution in [0, 0.1) is 22.9 Å². The fourth-order valence-corrected chi connectivity index (χ4v) is 2.21. The quantitative estimate of drug-likeness (QED) is 0.601. The Bertz CT molecular complexity index is 764. The van der Waals surface area contributed by atoms with Crippen LogP contribution in [0.1, 0.15) is 15.9 Å². The number of ether oxygens (including phenoxy) is 1. The third-order valence-corrected chi connectivity index (χ3v) is 3.60. The van der Waals surface area contributed by atoms with Gasteiger partial charge in [0.05, 0.1) is 11.5 Å². The molecule has 126 valence electrons. The maximum absolute atomic E-state index is 13.4. The topological polar surface area (TPSA) is 72.7 Å². The Kier molecular flexibility index (Phi) is 5.47. The molecule has 6 nitrogen and oxygen atoms in total. The summed E-state index contributed by atoms with van der Waals surface area (Å²) in [6.45, 7) is 1.86. The molecule has 0 aliphatic heterocycles. The molecule has 0 unspecified atom stereocenters. The smallest absolute Gasteiger partial charge is 0.273 e. The Morgan fingerprint density at radius 3 is 2.62 bits per heavy atom. The van der Waals surface area contributed by atoms with E-state index in [1.165, 1.54) is 36.1 Å². The predicted octanol–water partition coefficient (Wildman–Crippen LogP) is 3.19. The highest BCUT2D eigenvalue weighted by Gasteiger charge is 2.20. The van der Waals surface area contributed by atoms with Gasteiger partial charge < -0.3 is 9.64 Å². The van der Waals surface area contributed by atoms with Crippen LogP contribution < -0.4 is 4.74 Å². The molecular formula is C17H17FN2O4. The van der Waals surface area contributed by atoms with Crippen LogP contribution in [0.3, 0.4) is 0 Å². The molecule has 0 radical (unpaired) electrons. The van der Waals surface area contributed by atoms with Gasteiger partial charge in [-0.2, -0.15) is 0 Å². The van der Waals surface area contributed by atoms with Gasteiger partial charge in [0, 0.05) is 24.2 Å². The minimum atomic E-state index is -0.520. The molecule has 0 saturated heterocycles. The van der Waals surface area contributed by atoms with Crippen LogP contribution in [0.5, 0.6) is 5.75 Å². The van der Waals surface area contributed by atoms with Gasteiger partial charge in [-0.3, -0.25) is 14.9 Å². The number of carbonyl (C=O) groups is 1. The lowest BCUT2D eigenvalue weighted by molar-refractivity contribution is -0.385. The molecule has 0 fully saturated rings. The number of hydrogen-bond donors (Lipinski definition) is 0. The van der Waals surface area contributed by atoms with Crippen LogP contribution in [0.25, 0.3) is 0 Å². The molecule has 0 aromatic heterocycles. The van der Waals surface area contributed by atoms with Crippen molar-refractivity contribution in [1.82, 2.24) is 4.90 Å². The lowest BCUT2D eigenvalue weighted by atomic mass is 10.1. The number of nitrogens with zero attached hydrogens (tertiary/aromatic N) is 2. The van der Waals surface area contributed by atoms with Gasteiger partial charge in [-0.05, 0) is 25.1 Å². The SMILES string of the molecule is Cc1c(C(=O)N(C)CCOc2ccccc2F)cccc1[N+](=O)[O-]. The Morgan fingerprint density at radius 2 is 1.96 bits per heavy atom. The zero-order chi connectivity index (χ0) is 17.7. The number of carbonyl (C=O) groups excluding carboxylic acids is 1.